The van der Waals surface area contributed by atoms with E-state index >= 15 is 0 Å². The van der Waals surface area contributed by atoms with Crippen LogP contribution in [0, 0.1) is 12.3 Å². The first-order valence-corrected chi connectivity index (χ1v) is 4.67. The molecule has 0 amide bonds. The number of terminal acetylenes is 1. The quantitative estimate of drug-likeness (QED) is 0.563. The molecule has 0 aliphatic carbocycles. The fourth-order valence-electron chi connectivity index (χ4n) is 1.57. The molecule has 74 valence electrons. The van der Waals surface area contributed by atoms with E-state index in [1.807, 2.05) is 31.2 Å². The minimum atomic E-state index is 0.550. The van der Waals surface area contributed by atoms with E-state index in [0.717, 1.165) is 16.5 Å². The van der Waals surface area contributed by atoms with Gasteiger partial charge in [0.15, 0.2) is 5.76 Å². The SMILES string of the molecule is C#Cc1oc2ccc(N)cc2c1/C=C\C. The Bertz CT molecular complexity index is 570. The minimum Gasteiger partial charge on any atom is -0.447 e. The molecule has 0 spiro atoms. The molecule has 0 radical (unpaired) electrons. The molecule has 15 heavy (non-hydrogen) atoms. The maximum absolute atomic E-state index is 5.72. The topological polar surface area (TPSA) is 39.2 Å². The zero-order chi connectivity index (χ0) is 10.8. The average Bonchev–Trinajstić information content (AvgIpc) is 2.57. The van der Waals surface area contributed by atoms with E-state index in [4.69, 9.17) is 16.6 Å². The lowest BCUT2D eigenvalue weighted by Crippen LogP contribution is -1.82. The Balaban J connectivity index is 2.83. The summed E-state index contributed by atoms with van der Waals surface area (Å²) in [5.74, 6) is 3.08. The Labute approximate surface area is 88.4 Å². The van der Waals surface area contributed by atoms with Crippen molar-refractivity contribution >= 4 is 22.7 Å². The minimum absolute atomic E-state index is 0.550. The normalized spacial score (nSPS) is 10.9. The van der Waals surface area contributed by atoms with Crippen LogP contribution in [0.15, 0.2) is 28.7 Å². The molecule has 0 saturated carbocycles. The van der Waals surface area contributed by atoms with Crippen LogP contribution in [0.2, 0.25) is 0 Å². The molecule has 2 heteroatoms. The highest BCUT2D eigenvalue weighted by atomic mass is 16.3. The van der Waals surface area contributed by atoms with Crippen molar-refractivity contribution in [2.75, 3.05) is 5.73 Å². The van der Waals surface area contributed by atoms with Crippen molar-refractivity contribution in [2.45, 2.75) is 6.92 Å². The third-order valence-electron chi connectivity index (χ3n) is 2.21. The van der Waals surface area contributed by atoms with Crippen LogP contribution >= 0.6 is 0 Å². The van der Waals surface area contributed by atoms with Crippen LogP contribution in [0.1, 0.15) is 18.2 Å². The summed E-state index contributed by atoms with van der Waals surface area (Å²) in [5, 5.41) is 0.959. The zero-order valence-corrected chi connectivity index (χ0v) is 8.45. The van der Waals surface area contributed by atoms with Gasteiger partial charge in [-0.15, -0.1) is 6.42 Å². The predicted molar refractivity (Wildman–Crippen MR) is 63.3 cm³/mol. The molecule has 0 unspecified atom stereocenters. The van der Waals surface area contributed by atoms with Crippen LogP contribution in [-0.4, -0.2) is 0 Å². The molecule has 1 aromatic carbocycles. The number of hydrogen-bond acceptors (Lipinski definition) is 2. The van der Waals surface area contributed by atoms with Crippen molar-refractivity contribution in [1.82, 2.24) is 0 Å². The van der Waals surface area contributed by atoms with Crippen molar-refractivity contribution in [3.05, 3.63) is 35.6 Å². The predicted octanol–water partition coefficient (Wildman–Crippen LogP) is 3.03. The molecule has 0 fully saturated rings. The fraction of sp³-hybridized carbons (Fsp3) is 0.0769. The summed E-state index contributed by atoms with van der Waals surface area (Å²) in [5.41, 5.74) is 8.12. The molecular weight excluding hydrogens is 186 g/mol. The lowest BCUT2D eigenvalue weighted by Gasteiger charge is -1.92. The largest absolute Gasteiger partial charge is 0.447 e. The summed E-state index contributed by atoms with van der Waals surface area (Å²) < 4.78 is 5.51. The summed E-state index contributed by atoms with van der Waals surface area (Å²) in [6, 6.07) is 5.50. The summed E-state index contributed by atoms with van der Waals surface area (Å²) in [4.78, 5) is 0. The van der Waals surface area contributed by atoms with Crippen molar-refractivity contribution < 1.29 is 4.42 Å². The van der Waals surface area contributed by atoms with Gasteiger partial charge in [0, 0.05) is 16.6 Å². The Kier molecular flexibility index (Phi) is 2.23. The molecule has 2 aromatic rings. The number of anilines is 1. The number of benzene rings is 1. The highest BCUT2D eigenvalue weighted by Gasteiger charge is 2.09. The number of hydrogen-bond donors (Lipinski definition) is 1. The van der Waals surface area contributed by atoms with Gasteiger partial charge in [-0.1, -0.05) is 12.2 Å². The number of nitrogens with two attached hydrogens (primary N) is 1. The number of allylic oxidation sites excluding steroid dienone is 1. The standard InChI is InChI=1S/C13H11NO/c1-3-5-10-11-8-9(14)6-7-13(11)15-12(10)4-2/h2-3,5-8H,14H2,1H3/b5-3-. The monoisotopic (exact) mass is 197 g/mol. The Morgan fingerprint density at radius 3 is 2.93 bits per heavy atom. The van der Waals surface area contributed by atoms with E-state index < -0.39 is 0 Å². The van der Waals surface area contributed by atoms with Gasteiger partial charge >= 0.3 is 0 Å². The first kappa shape index (κ1) is 9.42. The van der Waals surface area contributed by atoms with Crippen molar-refractivity contribution in [3.63, 3.8) is 0 Å². The van der Waals surface area contributed by atoms with Gasteiger partial charge < -0.3 is 10.2 Å². The highest BCUT2D eigenvalue weighted by Crippen LogP contribution is 2.28. The van der Waals surface area contributed by atoms with E-state index in [-0.39, 0.29) is 0 Å². The van der Waals surface area contributed by atoms with Crippen LogP contribution in [0.3, 0.4) is 0 Å². The van der Waals surface area contributed by atoms with E-state index in [0.29, 0.717) is 11.4 Å². The van der Waals surface area contributed by atoms with E-state index in [1.54, 1.807) is 6.07 Å². The Morgan fingerprint density at radius 2 is 2.27 bits per heavy atom. The average molecular weight is 197 g/mol. The number of rotatable bonds is 1. The molecule has 0 atom stereocenters. The third kappa shape index (κ3) is 1.49. The van der Waals surface area contributed by atoms with Crippen molar-refractivity contribution in [3.8, 4) is 12.3 Å². The summed E-state index contributed by atoms with van der Waals surface area (Å²) in [6.07, 6.45) is 9.23. The van der Waals surface area contributed by atoms with Gasteiger partial charge in [0.2, 0.25) is 0 Å². The summed E-state index contributed by atoms with van der Waals surface area (Å²) in [7, 11) is 0. The van der Waals surface area contributed by atoms with Gasteiger partial charge in [-0.2, -0.15) is 0 Å². The summed E-state index contributed by atoms with van der Waals surface area (Å²) in [6.45, 7) is 1.94. The van der Waals surface area contributed by atoms with Crippen LogP contribution in [-0.2, 0) is 0 Å². The second-order valence-corrected chi connectivity index (χ2v) is 3.24. The lowest BCUT2D eigenvalue weighted by atomic mass is 10.1. The lowest BCUT2D eigenvalue weighted by molar-refractivity contribution is 0.600. The second-order valence-electron chi connectivity index (χ2n) is 3.24. The molecule has 2 rings (SSSR count). The highest BCUT2D eigenvalue weighted by molar-refractivity contribution is 5.91. The van der Waals surface area contributed by atoms with E-state index in [2.05, 4.69) is 5.92 Å². The van der Waals surface area contributed by atoms with E-state index in [9.17, 15) is 0 Å². The van der Waals surface area contributed by atoms with Crippen LogP contribution in [0.4, 0.5) is 5.69 Å². The van der Waals surface area contributed by atoms with Crippen molar-refractivity contribution in [1.29, 1.82) is 0 Å². The molecule has 1 heterocycles. The smallest absolute Gasteiger partial charge is 0.185 e. The van der Waals surface area contributed by atoms with Gasteiger partial charge in [-0.3, -0.25) is 0 Å². The number of fused-ring (bicyclic) bond motifs is 1. The van der Waals surface area contributed by atoms with Crippen LogP contribution in [0.25, 0.3) is 17.0 Å². The van der Waals surface area contributed by atoms with Crippen LogP contribution in [0.5, 0.6) is 0 Å². The molecule has 2 nitrogen and oxygen atoms in total. The van der Waals surface area contributed by atoms with Gasteiger partial charge in [-0.25, -0.2) is 0 Å². The fourth-order valence-corrected chi connectivity index (χ4v) is 1.57. The van der Waals surface area contributed by atoms with Gasteiger partial charge in [0.05, 0.1) is 0 Å². The maximum Gasteiger partial charge on any atom is 0.185 e. The van der Waals surface area contributed by atoms with Crippen LogP contribution < -0.4 is 5.73 Å². The second kappa shape index (κ2) is 3.55. The van der Waals surface area contributed by atoms with Crippen molar-refractivity contribution in [2.24, 2.45) is 0 Å². The molecule has 0 saturated heterocycles. The molecule has 0 bridgehead atoms. The Hall–Kier alpha value is -2.14. The third-order valence-corrected chi connectivity index (χ3v) is 2.21. The molecule has 0 aliphatic rings. The maximum atomic E-state index is 5.72. The number of furan rings is 1. The number of nitrogen functional groups attached to an aromatic ring is 1. The molecule has 2 N–H and O–H groups in total. The molecular formula is C13H11NO. The zero-order valence-electron chi connectivity index (χ0n) is 8.45. The Morgan fingerprint density at radius 1 is 1.47 bits per heavy atom. The molecule has 0 aliphatic heterocycles. The van der Waals surface area contributed by atoms with E-state index in [1.165, 1.54) is 0 Å². The van der Waals surface area contributed by atoms with Gasteiger partial charge in [0.1, 0.15) is 5.58 Å². The molecule has 1 aromatic heterocycles. The summed E-state index contributed by atoms with van der Waals surface area (Å²) >= 11 is 0. The van der Waals surface area contributed by atoms with Gasteiger partial charge in [-0.05, 0) is 31.0 Å². The first-order valence-electron chi connectivity index (χ1n) is 4.67. The first-order chi connectivity index (χ1) is 7.26. The van der Waals surface area contributed by atoms with Gasteiger partial charge in [0.25, 0.3) is 0 Å².